The minimum absolute atomic E-state index is 0.359. The lowest BCUT2D eigenvalue weighted by Gasteiger charge is -2.16. The molecule has 2 aromatic carbocycles. The Morgan fingerprint density at radius 3 is 2.50 bits per heavy atom. The van der Waals surface area contributed by atoms with Crippen LogP contribution in [-0.4, -0.2) is 30.9 Å². The number of Topliss-reactive ketones (excluding diaryl/α,β-unsaturated/α-hetero) is 1. The topological polar surface area (TPSA) is 80.4 Å². The summed E-state index contributed by atoms with van der Waals surface area (Å²) >= 11 is 0. The van der Waals surface area contributed by atoms with Crippen LogP contribution in [0.25, 0.3) is 10.9 Å². The summed E-state index contributed by atoms with van der Waals surface area (Å²) in [5, 5.41) is 3.47. The van der Waals surface area contributed by atoms with Gasteiger partial charge in [-0.2, -0.15) is 0 Å². The molecule has 134 valence electrons. The number of methoxy groups -OCH3 is 2. The number of carbonyl (C=O) groups excluding carboxylic acids is 2. The number of aromatic nitrogens is 1. The lowest BCUT2D eigenvalue weighted by molar-refractivity contribution is -0.117. The summed E-state index contributed by atoms with van der Waals surface area (Å²) in [6, 6.07) is 12.4. The van der Waals surface area contributed by atoms with Gasteiger partial charge in [-0.1, -0.05) is 24.3 Å². The Hall–Kier alpha value is -3.28. The number of ether oxygens (including phenoxy) is 2. The largest absolute Gasteiger partial charge is 0.493 e. The van der Waals surface area contributed by atoms with Gasteiger partial charge in [-0.05, 0) is 30.7 Å². The summed E-state index contributed by atoms with van der Waals surface area (Å²) in [7, 11) is 3.11. The van der Waals surface area contributed by atoms with E-state index in [1.807, 2.05) is 37.3 Å². The van der Waals surface area contributed by atoms with E-state index >= 15 is 0 Å². The van der Waals surface area contributed by atoms with Crippen molar-refractivity contribution >= 4 is 22.6 Å². The van der Waals surface area contributed by atoms with Gasteiger partial charge in [0.05, 0.1) is 25.8 Å². The second-order valence-corrected chi connectivity index (χ2v) is 5.89. The highest BCUT2D eigenvalue weighted by Crippen LogP contribution is 2.30. The van der Waals surface area contributed by atoms with Gasteiger partial charge in [-0.25, -0.2) is 0 Å². The third kappa shape index (κ3) is 3.26. The number of amides is 1. The molecule has 26 heavy (non-hydrogen) atoms. The first-order valence-corrected chi connectivity index (χ1v) is 8.18. The van der Waals surface area contributed by atoms with Crippen LogP contribution in [0.2, 0.25) is 0 Å². The summed E-state index contributed by atoms with van der Waals surface area (Å²) < 4.78 is 10.5. The van der Waals surface area contributed by atoms with Crippen LogP contribution in [0, 0.1) is 0 Å². The normalized spacial score (nSPS) is 11.8. The molecule has 0 saturated carbocycles. The van der Waals surface area contributed by atoms with E-state index in [1.165, 1.54) is 0 Å². The maximum atomic E-state index is 12.5. The van der Waals surface area contributed by atoms with E-state index in [-0.39, 0.29) is 6.04 Å². The number of rotatable bonds is 6. The zero-order valence-corrected chi connectivity index (χ0v) is 14.8. The Kier molecular flexibility index (Phi) is 4.93. The molecular formula is C20H20N2O4. The fourth-order valence-corrected chi connectivity index (χ4v) is 2.85. The SMILES string of the molecule is COc1ccc([C@H](C)NC(=O)C(=O)c2c[nH]c3ccccc23)cc1OC. The summed E-state index contributed by atoms with van der Waals surface area (Å²) in [6.45, 7) is 1.81. The number of aromatic amines is 1. The standard InChI is InChI=1S/C20H20N2O4/c1-12(13-8-9-17(25-2)18(10-13)26-3)22-20(24)19(23)15-11-21-16-7-5-4-6-14(15)16/h4-12,21H,1-3H3,(H,22,24)/t12-/m0/s1. The highest BCUT2D eigenvalue weighted by atomic mass is 16.5. The third-order valence-electron chi connectivity index (χ3n) is 4.30. The molecule has 0 fully saturated rings. The zero-order chi connectivity index (χ0) is 18.7. The van der Waals surface area contributed by atoms with Crippen molar-refractivity contribution in [2.75, 3.05) is 14.2 Å². The van der Waals surface area contributed by atoms with Gasteiger partial charge < -0.3 is 19.8 Å². The van der Waals surface area contributed by atoms with Crippen LogP contribution in [0.15, 0.2) is 48.7 Å². The van der Waals surface area contributed by atoms with Crippen molar-refractivity contribution in [2.24, 2.45) is 0 Å². The predicted molar refractivity (Wildman–Crippen MR) is 98.7 cm³/mol. The van der Waals surface area contributed by atoms with E-state index in [0.717, 1.165) is 16.5 Å². The molecule has 0 spiro atoms. The Bertz CT molecular complexity index is 961. The van der Waals surface area contributed by atoms with Crippen LogP contribution in [0.5, 0.6) is 11.5 Å². The fourth-order valence-electron chi connectivity index (χ4n) is 2.85. The summed E-state index contributed by atoms with van der Waals surface area (Å²) in [5.74, 6) is -0.0643. The Labute approximate surface area is 151 Å². The number of benzene rings is 2. The van der Waals surface area contributed by atoms with E-state index in [4.69, 9.17) is 9.47 Å². The average Bonchev–Trinajstić information content (AvgIpc) is 3.10. The van der Waals surface area contributed by atoms with Crippen LogP contribution < -0.4 is 14.8 Å². The maximum Gasteiger partial charge on any atom is 0.292 e. The summed E-state index contributed by atoms with van der Waals surface area (Å²) in [6.07, 6.45) is 1.56. The van der Waals surface area contributed by atoms with Crippen molar-refractivity contribution in [1.29, 1.82) is 0 Å². The van der Waals surface area contributed by atoms with E-state index in [2.05, 4.69) is 10.3 Å². The van der Waals surface area contributed by atoms with Crippen molar-refractivity contribution < 1.29 is 19.1 Å². The highest BCUT2D eigenvalue weighted by Gasteiger charge is 2.22. The number of hydrogen-bond donors (Lipinski definition) is 2. The monoisotopic (exact) mass is 352 g/mol. The molecule has 6 heteroatoms. The molecule has 0 saturated heterocycles. The van der Waals surface area contributed by atoms with Gasteiger partial charge in [-0.15, -0.1) is 0 Å². The third-order valence-corrected chi connectivity index (χ3v) is 4.30. The maximum absolute atomic E-state index is 12.5. The van der Waals surface area contributed by atoms with Crippen LogP contribution in [0.4, 0.5) is 0 Å². The van der Waals surface area contributed by atoms with E-state index in [0.29, 0.717) is 17.1 Å². The fraction of sp³-hybridized carbons (Fsp3) is 0.200. The van der Waals surface area contributed by atoms with Gasteiger partial charge >= 0.3 is 0 Å². The quantitative estimate of drug-likeness (QED) is 0.527. The molecule has 1 aromatic heterocycles. The minimum Gasteiger partial charge on any atom is -0.493 e. The van der Waals surface area contributed by atoms with Crippen LogP contribution in [-0.2, 0) is 4.79 Å². The molecule has 0 unspecified atom stereocenters. The summed E-state index contributed by atoms with van der Waals surface area (Å²) in [5.41, 5.74) is 1.98. The van der Waals surface area contributed by atoms with Crippen molar-refractivity contribution in [3.05, 3.63) is 59.8 Å². The molecule has 1 heterocycles. The second-order valence-electron chi connectivity index (χ2n) is 5.89. The number of carbonyl (C=O) groups is 2. The molecule has 1 atom stereocenters. The van der Waals surface area contributed by atoms with Gasteiger partial charge in [-0.3, -0.25) is 9.59 Å². The number of nitrogens with one attached hydrogen (secondary N) is 2. The first kappa shape index (κ1) is 17.5. The number of para-hydroxylation sites is 1. The van der Waals surface area contributed by atoms with Gasteiger partial charge in [0.25, 0.3) is 11.7 Å². The van der Waals surface area contributed by atoms with Crippen molar-refractivity contribution in [3.63, 3.8) is 0 Å². The van der Waals surface area contributed by atoms with Crippen LogP contribution >= 0.6 is 0 Å². The molecular weight excluding hydrogens is 332 g/mol. The molecule has 0 aliphatic carbocycles. The molecule has 0 bridgehead atoms. The molecule has 0 aliphatic heterocycles. The minimum atomic E-state index is -0.656. The number of hydrogen-bond acceptors (Lipinski definition) is 4. The first-order valence-electron chi connectivity index (χ1n) is 8.18. The second kappa shape index (κ2) is 7.31. The number of H-pyrrole nitrogens is 1. The van der Waals surface area contributed by atoms with E-state index < -0.39 is 11.7 Å². The average molecular weight is 352 g/mol. The van der Waals surface area contributed by atoms with Crippen LogP contribution in [0.1, 0.15) is 28.9 Å². The van der Waals surface area contributed by atoms with E-state index in [1.54, 1.807) is 32.5 Å². The first-order chi connectivity index (χ1) is 12.5. The molecule has 3 rings (SSSR count). The smallest absolute Gasteiger partial charge is 0.292 e. The number of fused-ring (bicyclic) bond motifs is 1. The molecule has 0 aliphatic rings. The van der Waals surface area contributed by atoms with Gasteiger partial charge in [0, 0.05) is 17.1 Å². The van der Waals surface area contributed by atoms with Crippen molar-refractivity contribution in [3.8, 4) is 11.5 Å². The van der Waals surface area contributed by atoms with Crippen molar-refractivity contribution in [2.45, 2.75) is 13.0 Å². The zero-order valence-electron chi connectivity index (χ0n) is 14.8. The molecule has 1 amide bonds. The Morgan fingerprint density at radius 2 is 1.77 bits per heavy atom. The number of ketones is 1. The van der Waals surface area contributed by atoms with Crippen molar-refractivity contribution in [1.82, 2.24) is 10.3 Å². The van der Waals surface area contributed by atoms with E-state index in [9.17, 15) is 9.59 Å². The molecule has 6 nitrogen and oxygen atoms in total. The predicted octanol–water partition coefficient (Wildman–Crippen LogP) is 3.25. The van der Waals surface area contributed by atoms with Gasteiger partial charge in [0.1, 0.15) is 0 Å². The Morgan fingerprint density at radius 1 is 1.04 bits per heavy atom. The molecule has 0 radical (unpaired) electrons. The molecule has 2 N–H and O–H groups in total. The highest BCUT2D eigenvalue weighted by molar-refractivity contribution is 6.45. The van der Waals surface area contributed by atoms with Crippen LogP contribution in [0.3, 0.4) is 0 Å². The lowest BCUT2D eigenvalue weighted by atomic mass is 10.1. The Balaban J connectivity index is 1.78. The summed E-state index contributed by atoms with van der Waals surface area (Å²) in [4.78, 5) is 28.0. The van der Waals surface area contributed by atoms with Gasteiger partial charge in [0.2, 0.25) is 0 Å². The van der Waals surface area contributed by atoms with Gasteiger partial charge in [0.15, 0.2) is 11.5 Å². The lowest BCUT2D eigenvalue weighted by Crippen LogP contribution is -2.33. The molecule has 3 aromatic rings.